The van der Waals surface area contributed by atoms with Crippen molar-refractivity contribution < 1.29 is 31.5 Å². The van der Waals surface area contributed by atoms with Gasteiger partial charge in [0.1, 0.15) is 5.75 Å². The van der Waals surface area contributed by atoms with E-state index >= 15 is 0 Å². The second-order valence-corrected chi connectivity index (χ2v) is 12.7. The van der Waals surface area contributed by atoms with E-state index in [-0.39, 0.29) is 64.9 Å². The maximum absolute atomic E-state index is 14.1. The summed E-state index contributed by atoms with van der Waals surface area (Å²) in [5.41, 5.74) is 4.38. The zero-order valence-corrected chi connectivity index (χ0v) is 24.2. The highest BCUT2D eigenvalue weighted by molar-refractivity contribution is 7.97. The molecule has 1 aliphatic heterocycles. The molecule has 2 atom stereocenters. The molecule has 40 heavy (non-hydrogen) atoms. The van der Waals surface area contributed by atoms with Gasteiger partial charge < -0.3 is 16.4 Å². The number of alkyl halides is 3. The van der Waals surface area contributed by atoms with Crippen LogP contribution in [0.25, 0.3) is 0 Å². The van der Waals surface area contributed by atoms with Gasteiger partial charge in [-0.3, -0.25) is 14.5 Å². The number of nitrogens with two attached hydrogens (primary N) is 1. The van der Waals surface area contributed by atoms with E-state index in [0.717, 1.165) is 6.07 Å². The molecule has 1 heterocycles. The molecule has 1 aliphatic rings. The number of halogens is 5. The SMILES string of the molecule is CC[S+](=O)(O)c1ccc(Cl)cc1CNCC(=O)c1cc(Cl)c(CN2CCC[C@H](NC(=O)CN)C2)c(C(F)(F)F)c1. The molecule has 3 rings (SSSR count). The summed E-state index contributed by atoms with van der Waals surface area (Å²) in [5.74, 6) is -0.990. The zero-order valence-electron chi connectivity index (χ0n) is 21.8. The Kier molecular flexibility index (Phi) is 11.1. The second kappa shape index (κ2) is 13.7. The lowest BCUT2D eigenvalue weighted by atomic mass is 9.98. The number of nitrogens with zero attached hydrogens (tertiary/aromatic N) is 1. The molecule has 0 aromatic heterocycles. The fourth-order valence-corrected chi connectivity index (χ4v) is 6.21. The molecule has 0 radical (unpaired) electrons. The molecule has 1 unspecified atom stereocenters. The van der Waals surface area contributed by atoms with Gasteiger partial charge in [-0.15, -0.1) is 0 Å². The standard InChI is InChI=1S/C26H31Cl2F3N4O4S/c1-2-40(38,39)24-6-5-18(27)8-17(24)12-33-13-23(36)16-9-21(26(29,30)31)20(22(28)10-16)15-35-7-3-4-19(14-35)34-25(37)11-32/h5-6,8-10,19,33H,2-4,7,11-15,32H2,1H3,(H-,34,37,38,39)/p+1/t19-/m0/s1. The topological polar surface area (TPSA) is 125 Å². The molecule has 0 aliphatic carbocycles. The molecule has 0 saturated carbocycles. The second-order valence-electron chi connectivity index (χ2n) is 9.54. The van der Waals surface area contributed by atoms with E-state index in [1.165, 1.54) is 24.3 Å². The van der Waals surface area contributed by atoms with Crippen molar-refractivity contribution in [2.24, 2.45) is 5.73 Å². The highest BCUT2D eigenvalue weighted by atomic mass is 35.5. The van der Waals surface area contributed by atoms with Gasteiger partial charge in [0.05, 0.1) is 18.7 Å². The summed E-state index contributed by atoms with van der Waals surface area (Å²) in [7, 11) is -3.31. The summed E-state index contributed by atoms with van der Waals surface area (Å²) in [6.45, 7) is 1.80. The average Bonchev–Trinajstić information content (AvgIpc) is 2.89. The number of carbonyl (C=O) groups excluding carboxylic acids is 2. The summed E-state index contributed by atoms with van der Waals surface area (Å²) in [4.78, 5) is 26.5. The normalized spacial score (nSPS) is 17.9. The minimum Gasteiger partial charge on any atom is -0.351 e. The predicted molar refractivity (Wildman–Crippen MR) is 149 cm³/mol. The van der Waals surface area contributed by atoms with Crippen molar-refractivity contribution in [2.75, 3.05) is 31.9 Å². The third-order valence-electron chi connectivity index (χ3n) is 6.62. The van der Waals surface area contributed by atoms with Crippen molar-refractivity contribution in [3.63, 3.8) is 0 Å². The number of ketones is 1. The molecule has 0 bridgehead atoms. The number of nitrogens with one attached hydrogen (secondary N) is 2. The Hall–Kier alpha value is -2.06. The van der Waals surface area contributed by atoms with Crippen LogP contribution in [0.1, 0.15) is 46.8 Å². The van der Waals surface area contributed by atoms with Crippen LogP contribution in [0.3, 0.4) is 0 Å². The van der Waals surface area contributed by atoms with Gasteiger partial charge in [0.25, 0.3) is 0 Å². The van der Waals surface area contributed by atoms with Crippen LogP contribution in [0.2, 0.25) is 10.0 Å². The lowest BCUT2D eigenvalue weighted by Crippen LogP contribution is -2.48. The summed E-state index contributed by atoms with van der Waals surface area (Å²) in [5, 5.41) is 5.74. The Labute approximate surface area is 242 Å². The van der Waals surface area contributed by atoms with Crippen LogP contribution in [0.4, 0.5) is 13.2 Å². The zero-order chi connectivity index (χ0) is 29.7. The third kappa shape index (κ3) is 8.48. The molecule has 2 aromatic rings. The smallest absolute Gasteiger partial charge is 0.351 e. The van der Waals surface area contributed by atoms with Crippen LogP contribution < -0.4 is 16.4 Å². The molecule has 2 aromatic carbocycles. The molecule has 14 heteroatoms. The molecule has 1 amide bonds. The number of carbonyl (C=O) groups is 2. The largest absolute Gasteiger partial charge is 0.416 e. The van der Waals surface area contributed by atoms with Crippen LogP contribution in [0.5, 0.6) is 0 Å². The van der Waals surface area contributed by atoms with Crippen molar-refractivity contribution in [3.05, 3.63) is 62.6 Å². The Morgan fingerprint density at radius 2 is 1.95 bits per heavy atom. The molecular weight excluding hydrogens is 592 g/mol. The number of piperidine rings is 1. The number of amides is 1. The number of likely N-dealkylation sites (tertiary alicyclic amines) is 1. The van der Waals surface area contributed by atoms with Crippen molar-refractivity contribution in [2.45, 2.75) is 50.0 Å². The average molecular weight is 625 g/mol. The molecule has 1 fully saturated rings. The van der Waals surface area contributed by atoms with Crippen LogP contribution in [0, 0.1) is 0 Å². The summed E-state index contributed by atoms with van der Waals surface area (Å²) >= 11 is 12.4. The number of Topliss-reactive ketones (excluding diaryl/α,β-unsaturated/α-hetero) is 1. The van der Waals surface area contributed by atoms with Gasteiger partial charge in [-0.25, -0.2) is 0 Å². The fourth-order valence-electron chi connectivity index (χ4n) is 4.60. The fraction of sp³-hybridized carbons (Fsp3) is 0.462. The van der Waals surface area contributed by atoms with Gasteiger partial charge in [0.15, 0.2) is 10.7 Å². The summed E-state index contributed by atoms with van der Waals surface area (Å²) in [6.07, 6.45) is -3.40. The van der Waals surface area contributed by atoms with Crippen LogP contribution in [0.15, 0.2) is 35.2 Å². The van der Waals surface area contributed by atoms with E-state index in [1.807, 2.05) is 0 Å². The Morgan fingerprint density at radius 1 is 1.23 bits per heavy atom. The number of rotatable bonds is 11. The first-order valence-electron chi connectivity index (χ1n) is 12.6. The van der Waals surface area contributed by atoms with Crippen LogP contribution in [-0.4, -0.2) is 59.1 Å². The lowest BCUT2D eigenvalue weighted by molar-refractivity contribution is -0.138. The Morgan fingerprint density at radius 3 is 2.60 bits per heavy atom. The number of benzene rings is 2. The molecule has 0 spiro atoms. The minimum atomic E-state index is -4.76. The van der Waals surface area contributed by atoms with Gasteiger partial charge >= 0.3 is 6.18 Å². The van der Waals surface area contributed by atoms with Gasteiger partial charge in [-0.05, 0) is 62.2 Å². The molecule has 220 valence electrons. The lowest BCUT2D eigenvalue weighted by Gasteiger charge is -2.34. The van der Waals surface area contributed by atoms with Gasteiger partial charge in [-0.1, -0.05) is 27.4 Å². The maximum atomic E-state index is 14.1. The minimum absolute atomic E-state index is 0.00600. The van der Waals surface area contributed by atoms with Gasteiger partial charge in [0.2, 0.25) is 16.1 Å². The van der Waals surface area contributed by atoms with E-state index in [4.69, 9.17) is 28.9 Å². The Balaban J connectivity index is 1.76. The van der Waals surface area contributed by atoms with Gasteiger partial charge in [0, 0.05) is 46.8 Å². The van der Waals surface area contributed by atoms with Crippen molar-refractivity contribution in [3.8, 4) is 0 Å². The van der Waals surface area contributed by atoms with Gasteiger partial charge in [-0.2, -0.15) is 17.7 Å². The van der Waals surface area contributed by atoms with E-state index in [0.29, 0.717) is 36.5 Å². The van der Waals surface area contributed by atoms with Crippen molar-refractivity contribution >= 4 is 45.1 Å². The summed E-state index contributed by atoms with van der Waals surface area (Å²) < 4.78 is 65.0. The van der Waals surface area contributed by atoms with E-state index in [1.54, 1.807) is 11.8 Å². The third-order valence-corrected chi connectivity index (χ3v) is 9.06. The highest BCUT2D eigenvalue weighted by Crippen LogP contribution is 2.37. The first kappa shape index (κ1) is 32.5. The highest BCUT2D eigenvalue weighted by Gasteiger charge is 2.36. The van der Waals surface area contributed by atoms with Crippen LogP contribution in [-0.2, 0) is 38.5 Å². The molecule has 5 N–H and O–H groups in total. The quantitative estimate of drug-likeness (QED) is 0.216. The van der Waals surface area contributed by atoms with E-state index < -0.39 is 27.7 Å². The maximum Gasteiger partial charge on any atom is 0.416 e. The molecule has 8 nitrogen and oxygen atoms in total. The first-order valence-corrected chi connectivity index (χ1v) is 15.1. The number of hydrogen-bond donors (Lipinski definition) is 4. The molecule has 1 saturated heterocycles. The monoisotopic (exact) mass is 623 g/mol. The summed E-state index contributed by atoms with van der Waals surface area (Å²) in [6, 6.07) is 6.21. The van der Waals surface area contributed by atoms with Crippen LogP contribution >= 0.6 is 23.2 Å². The number of hydrogen-bond acceptors (Lipinski definition) is 6. The van der Waals surface area contributed by atoms with Crippen molar-refractivity contribution in [1.82, 2.24) is 15.5 Å². The predicted octanol–water partition coefficient (Wildman–Crippen LogP) is 4.38. The van der Waals surface area contributed by atoms with E-state index in [9.17, 15) is 31.5 Å². The van der Waals surface area contributed by atoms with E-state index in [2.05, 4.69) is 10.6 Å². The van der Waals surface area contributed by atoms with Crippen molar-refractivity contribution in [1.29, 1.82) is 0 Å². The molecular formula is C26H32Cl2F3N4O4S+. The Bertz CT molecular complexity index is 1300. The first-order chi connectivity index (χ1) is 18.7.